The number of benzene rings is 1. The molecule has 1 aromatic carbocycles. The molecule has 3 unspecified atom stereocenters. The maximum Gasteiger partial charge on any atom is 0.255 e. The second kappa shape index (κ2) is 9.98. The minimum Gasteiger partial charge on any atom is -0.511 e. The molecule has 3 aliphatic carbocycles. The topological polar surface area (TPSA) is 156 Å². The van der Waals surface area contributed by atoms with Gasteiger partial charge < -0.3 is 31.3 Å². The molecule has 1 amide bonds. The Kier molecular flexibility index (Phi) is 6.97. The Morgan fingerprint density at radius 3 is 2.36 bits per heavy atom. The quantitative estimate of drug-likeness (QED) is 0.280. The van der Waals surface area contributed by atoms with Gasteiger partial charge >= 0.3 is 0 Å². The number of allylic oxidation sites excluding steroid dienone is 2. The van der Waals surface area contributed by atoms with Gasteiger partial charge in [-0.1, -0.05) is 6.07 Å². The van der Waals surface area contributed by atoms with Crippen LogP contribution in [0.2, 0.25) is 0 Å². The van der Waals surface area contributed by atoms with Gasteiger partial charge in [0.25, 0.3) is 5.91 Å². The van der Waals surface area contributed by atoms with E-state index in [-0.39, 0.29) is 22.9 Å². The molecule has 1 aliphatic heterocycles. The number of ketones is 2. The fourth-order valence-corrected chi connectivity index (χ4v) is 7.14. The fourth-order valence-electron chi connectivity index (χ4n) is 7.14. The van der Waals surface area contributed by atoms with E-state index in [9.17, 15) is 29.7 Å². The van der Waals surface area contributed by atoms with Crippen molar-refractivity contribution < 1.29 is 29.7 Å². The number of nitrogens with two attached hydrogens (primary N) is 1. The highest BCUT2D eigenvalue weighted by atomic mass is 16.3. The van der Waals surface area contributed by atoms with Gasteiger partial charge in [0.2, 0.25) is 0 Å². The number of primary amides is 1. The molecule has 0 bridgehead atoms. The van der Waals surface area contributed by atoms with Crippen LogP contribution in [0.25, 0.3) is 0 Å². The molecular formula is C29H38N4O6. The number of carbonyl (C=O) groups excluding carboxylic acids is 3. The maximum absolute atomic E-state index is 13.8. The number of amides is 1. The van der Waals surface area contributed by atoms with Gasteiger partial charge in [0, 0.05) is 30.7 Å². The fraction of sp³-hybridized carbons (Fsp3) is 0.552. The molecule has 0 radical (unpaired) electrons. The van der Waals surface area contributed by atoms with Crippen molar-refractivity contribution in [3.05, 3.63) is 45.9 Å². The summed E-state index contributed by atoms with van der Waals surface area (Å²) in [5.41, 5.74) is 6.28. The lowest BCUT2D eigenvalue weighted by Gasteiger charge is -2.46. The van der Waals surface area contributed by atoms with Crippen molar-refractivity contribution in [3.63, 3.8) is 0 Å². The standard InChI is InChI=1S/C29H38N4O6/c1-13(2)33-9-7-16(8-10-33)31-18-6-5-14-11-15-12-17-21(26(36)20(15)25(35)19(14)24(18)34)27(37)22(29(30)39)28(38)23(17)32(3)4/h5-6,13,15-17,21,23,31,34,36,38H,7-12H2,1-4H3,(H2,30,39)/t15?,17?,21?,23-/m0/s1. The van der Waals surface area contributed by atoms with E-state index < -0.39 is 58.4 Å². The van der Waals surface area contributed by atoms with Crippen molar-refractivity contribution in [2.24, 2.45) is 23.5 Å². The van der Waals surface area contributed by atoms with Gasteiger partial charge in [-0.25, -0.2) is 0 Å². The summed E-state index contributed by atoms with van der Waals surface area (Å²) in [4.78, 5) is 43.3. The molecule has 0 saturated carbocycles. The number of fused-ring (bicyclic) bond motifs is 3. The zero-order chi connectivity index (χ0) is 28.3. The van der Waals surface area contributed by atoms with Gasteiger partial charge in [0.1, 0.15) is 22.8 Å². The van der Waals surface area contributed by atoms with Crippen molar-refractivity contribution in [1.29, 1.82) is 0 Å². The molecule has 0 spiro atoms. The van der Waals surface area contributed by atoms with Gasteiger partial charge in [-0.05, 0) is 77.1 Å². The molecule has 10 nitrogen and oxygen atoms in total. The van der Waals surface area contributed by atoms with Crippen molar-refractivity contribution in [1.82, 2.24) is 9.80 Å². The van der Waals surface area contributed by atoms with E-state index in [2.05, 4.69) is 24.1 Å². The first-order valence-corrected chi connectivity index (χ1v) is 13.7. The summed E-state index contributed by atoms with van der Waals surface area (Å²) < 4.78 is 0. The SMILES string of the molecule is CC(C)N1CCC(Nc2ccc3c(c2O)C(=O)C2=C(O)C4C(=O)C(C(N)=O)=C(O)[C@@H](N(C)C)C4CC2C3)CC1. The van der Waals surface area contributed by atoms with Crippen LogP contribution >= 0.6 is 0 Å². The first kappa shape index (κ1) is 27.2. The molecule has 4 aliphatic rings. The Morgan fingerprint density at radius 1 is 1.10 bits per heavy atom. The first-order chi connectivity index (χ1) is 18.4. The molecule has 1 saturated heterocycles. The lowest BCUT2D eigenvalue weighted by molar-refractivity contribution is -0.127. The van der Waals surface area contributed by atoms with Crippen LogP contribution in [0.3, 0.4) is 0 Å². The molecule has 1 heterocycles. The average Bonchev–Trinajstić information content (AvgIpc) is 2.85. The van der Waals surface area contributed by atoms with Gasteiger partial charge in [0.05, 0.1) is 23.2 Å². The molecule has 4 atom stereocenters. The number of anilines is 1. The number of aliphatic hydroxyl groups excluding tert-OH is 2. The number of piperidine rings is 1. The van der Waals surface area contributed by atoms with Crippen LogP contribution in [0.1, 0.15) is 49.0 Å². The Morgan fingerprint density at radius 2 is 1.77 bits per heavy atom. The summed E-state index contributed by atoms with van der Waals surface area (Å²) in [5.74, 6) is -5.44. The summed E-state index contributed by atoms with van der Waals surface area (Å²) >= 11 is 0. The molecule has 10 heteroatoms. The first-order valence-electron chi connectivity index (χ1n) is 13.7. The second-order valence-electron chi connectivity index (χ2n) is 11.8. The number of carbonyl (C=O) groups is 3. The van der Waals surface area contributed by atoms with Gasteiger partial charge in [-0.2, -0.15) is 0 Å². The Bertz CT molecular complexity index is 1290. The number of hydrogen-bond acceptors (Lipinski definition) is 9. The minimum atomic E-state index is -1.18. The predicted octanol–water partition coefficient (Wildman–Crippen LogP) is 2.29. The average molecular weight is 539 g/mol. The molecule has 39 heavy (non-hydrogen) atoms. The highest BCUT2D eigenvalue weighted by Crippen LogP contribution is 2.51. The van der Waals surface area contributed by atoms with E-state index in [1.165, 1.54) is 0 Å². The largest absolute Gasteiger partial charge is 0.511 e. The number of phenols is 1. The predicted molar refractivity (Wildman–Crippen MR) is 146 cm³/mol. The Hall–Kier alpha value is -3.37. The lowest BCUT2D eigenvalue weighted by Crippen LogP contribution is -2.53. The summed E-state index contributed by atoms with van der Waals surface area (Å²) in [6.07, 6.45) is 2.57. The summed E-state index contributed by atoms with van der Waals surface area (Å²) in [5, 5.41) is 36.9. The summed E-state index contributed by atoms with van der Waals surface area (Å²) in [7, 11) is 3.42. The monoisotopic (exact) mass is 538 g/mol. The normalized spacial score (nSPS) is 28.1. The van der Waals surface area contributed by atoms with Crippen LogP contribution in [-0.4, -0.2) is 87.9 Å². The third-order valence-electron chi connectivity index (χ3n) is 9.06. The smallest absolute Gasteiger partial charge is 0.255 e. The van der Waals surface area contributed by atoms with E-state index in [1.807, 2.05) is 6.07 Å². The van der Waals surface area contributed by atoms with E-state index in [4.69, 9.17) is 5.73 Å². The maximum atomic E-state index is 13.8. The van der Waals surface area contributed by atoms with Crippen LogP contribution in [0.15, 0.2) is 34.8 Å². The van der Waals surface area contributed by atoms with Crippen LogP contribution in [0, 0.1) is 17.8 Å². The highest BCUT2D eigenvalue weighted by molar-refractivity contribution is 6.22. The molecular weight excluding hydrogens is 500 g/mol. The van der Waals surface area contributed by atoms with Gasteiger partial charge in [0.15, 0.2) is 11.6 Å². The van der Waals surface area contributed by atoms with Gasteiger partial charge in [-0.3, -0.25) is 19.3 Å². The Labute approximate surface area is 228 Å². The van der Waals surface area contributed by atoms with Crippen LogP contribution < -0.4 is 11.1 Å². The zero-order valence-electron chi connectivity index (χ0n) is 22.9. The number of likely N-dealkylation sites (N-methyl/N-ethyl adjacent to an activating group) is 1. The van der Waals surface area contributed by atoms with Crippen molar-refractivity contribution in [3.8, 4) is 5.75 Å². The molecule has 210 valence electrons. The lowest BCUT2D eigenvalue weighted by atomic mass is 9.61. The van der Waals surface area contributed by atoms with E-state index >= 15 is 0 Å². The third-order valence-corrected chi connectivity index (χ3v) is 9.06. The number of aromatic hydroxyl groups is 1. The zero-order valence-corrected chi connectivity index (χ0v) is 22.9. The number of rotatable bonds is 5. The van der Waals surface area contributed by atoms with Crippen LogP contribution in [0.4, 0.5) is 5.69 Å². The number of nitrogens with one attached hydrogen (secondary N) is 1. The summed E-state index contributed by atoms with van der Waals surface area (Å²) in [6.45, 7) is 6.25. The third kappa shape index (κ3) is 4.39. The Balaban J connectivity index is 1.49. The second-order valence-corrected chi connectivity index (χ2v) is 11.8. The van der Waals surface area contributed by atoms with Gasteiger partial charge in [-0.15, -0.1) is 0 Å². The van der Waals surface area contributed by atoms with Crippen LogP contribution in [0.5, 0.6) is 5.75 Å². The van der Waals surface area contributed by atoms with Crippen molar-refractivity contribution >= 4 is 23.2 Å². The number of likely N-dealkylation sites (tertiary alicyclic amines) is 1. The molecule has 0 aromatic heterocycles. The van der Waals surface area contributed by atoms with Crippen LogP contribution in [-0.2, 0) is 16.0 Å². The number of Topliss-reactive ketones (excluding diaryl/α,β-unsaturated/α-hetero) is 2. The van der Waals surface area contributed by atoms with Crippen molar-refractivity contribution in [2.45, 2.75) is 57.7 Å². The molecule has 6 N–H and O–H groups in total. The van der Waals surface area contributed by atoms with E-state index in [0.29, 0.717) is 30.1 Å². The van der Waals surface area contributed by atoms with Crippen molar-refractivity contribution in [2.75, 3.05) is 32.5 Å². The number of nitrogens with zero attached hydrogens (tertiary/aromatic N) is 2. The minimum absolute atomic E-state index is 0.0949. The number of aliphatic hydroxyl groups is 2. The molecule has 1 fully saturated rings. The number of phenolic OH excluding ortho intramolecular Hbond substituents is 1. The van der Waals surface area contributed by atoms with E-state index in [0.717, 1.165) is 25.9 Å². The highest BCUT2D eigenvalue weighted by Gasteiger charge is 2.54. The molecule has 1 aromatic rings. The molecule has 5 rings (SSSR count). The van der Waals surface area contributed by atoms with E-state index in [1.54, 1.807) is 25.1 Å². The number of hydrogen-bond donors (Lipinski definition) is 5. The summed E-state index contributed by atoms with van der Waals surface area (Å²) in [6, 6.07) is 3.56.